The second-order valence-electron chi connectivity index (χ2n) is 5.24. The van der Waals surface area contributed by atoms with Crippen molar-refractivity contribution < 1.29 is 14.6 Å². The first-order chi connectivity index (χ1) is 11.6. The number of phenolic OH excluding ortho intramolecular Hbond substituents is 1. The van der Waals surface area contributed by atoms with Crippen molar-refractivity contribution in [3.63, 3.8) is 0 Å². The number of rotatable bonds is 7. The maximum Gasteiger partial charge on any atom is 0.185 e. The molecule has 0 heterocycles. The maximum absolute atomic E-state index is 12.3. The largest absolute Gasteiger partial charge is 0.508 e. The monoisotopic (exact) mass is 323 g/mol. The molecule has 124 valence electrons. The lowest BCUT2D eigenvalue weighted by Crippen LogP contribution is -1.96. The number of hydrogen-bond acceptors (Lipinski definition) is 4. The fourth-order valence-electron chi connectivity index (χ4n) is 2.32. The summed E-state index contributed by atoms with van der Waals surface area (Å²) in [6, 6.07) is 10.6. The van der Waals surface area contributed by atoms with Crippen LogP contribution in [-0.2, 0) is 6.42 Å². The van der Waals surface area contributed by atoms with Gasteiger partial charge in [0.25, 0.3) is 0 Å². The molecule has 2 aromatic carbocycles. The van der Waals surface area contributed by atoms with Crippen LogP contribution < -0.4 is 10.1 Å². The van der Waals surface area contributed by atoms with Crippen LogP contribution in [0, 0.1) is 0 Å². The first-order valence-corrected chi connectivity index (χ1v) is 7.60. The summed E-state index contributed by atoms with van der Waals surface area (Å²) < 4.78 is 5.27. The fraction of sp³-hybridized carbons (Fsp3) is 0.150. The van der Waals surface area contributed by atoms with Crippen LogP contribution in [0.25, 0.3) is 6.08 Å². The van der Waals surface area contributed by atoms with Crippen LogP contribution in [0.1, 0.15) is 21.5 Å². The molecule has 0 saturated carbocycles. The van der Waals surface area contributed by atoms with Gasteiger partial charge in [-0.2, -0.15) is 0 Å². The van der Waals surface area contributed by atoms with Gasteiger partial charge >= 0.3 is 0 Å². The Morgan fingerprint density at radius 1 is 1.29 bits per heavy atom. The highest BCUT2D eigenvalue weighted by molar-refractivity contribution is 6.07. The van der Waals surface area contributed by atoms with Crippen LogP contribution in [0.2, 0.25) is 0 Å². The third-order valence-electron chi connectivity index (χ3n) is 3.67. The van der Waals surface area contributed by atoms with Crippen molar-refractivity contribution in [1.82, 2.24) is 0 Å². The molecule has 0 saturated heterocycles. The Hall–Kier alpha value is -3.01. The highest BCUT2D eigenvalue weighted by atomic mass is 16.5. The van der Waals surface area contributed by atoms with Crippen molar-refractivity contribution in [2.75, 3.05) is 19.5 Å². The molecule has 0 unspecified atom stereocenters. The molecule has 0 spiro atoms. The Morgan fingerprint density at radius 2 is 2.00 bits per heavy atom. The maximum atomic E-state index is 12.3. The SMILES string of the molecule is C=CCc1cc(/C=C/C(=O)c2ccc(NC)cc2)c(OC)cc1O. The summed E-state index contributed by atoms with van der Waals surface area (Å²) in [4.78, 5) is 12.3. The molecule has 0 atom stereocenters. The van der Waals surface area contributed by atoms with Crippen LogP contribution >= 0.6 is 0 Å². The van der Waals surface area contributed by atoms with Crippen LogP contribution in [0.15, 0.2) is 55.1 Å². The number of hydrogen-bond donors (Lipinski definition) is 2. The number of nitrogens with one attached hydrogen (secondary N) is 1. The van der Waals surface area contributed by atoms with Gasteiger partial charge in [-0.05, 0) is 54.5 Å². The van der Waals surface area contributed by atoms with Gasteiger partial charge in [-0.25, -0.2) is 0 Å². The summed E-state index contributed by atoms with van der Waals surface area (Å²) in [5.41, 5.74) is 3.02. The summed E-state index contributed by atoms with van der Waals surface area (Å²) in [6.07, 6.45) is 5.44. The number of ketones is 1. The normalized spacial score (nSPS) is 10.6. The van der Waals surface area contributed by atoms with E-state index in [1.54, 1.807) is 36.4 Å². The van der Waals surface area contributed by atoms with E-state index in [1.165, 1.54) is 13.2 Å². The molecule has 4 heteroatoms. The number of benzene rings is 2. The highest BCUT2D eigenvalue weighted by Crippen LogP contribution is 2.29. The Kier molecular flexibility index (Phi) is 5.79. The third-order valence-corrected chi connectivity index (χ3v) is 3.67. The Balaban J connectivity index is 2.27. The number of carbonyl (C=O) groups is 1. The van der Waals surface area contributed by atoms with E-state index in [1.807, 2.05) is 19.2 Å². The van der Waals surface area contributed by atoms with Gasteiger partial charge in [0.1, 0.15) is 11.5 Å². The molecule has 0 radical (unpaired) electrons. The summed E-state index contributed by atoms with van der Waals surface area (Å²) in [7, 11) is 3.35. The topological polar surface area (TPSA) is 58.6 Å². The van der Waals surface area contributed by atoms with E-state index in [2.05, 4.69) is 11.9 Å². The molecule has 0 aliphatic carbocycles. The van der Waals surface area contributed by atoms with E-state index in [0.717, 1.165) is 16.8 Å². The molecule has 2 rings (SSSR count). The lowest BCUT2D eigenvalue weighted by atomic mass is 10.0. The van der Waals surface area contributed by atoms with Crippen molar-refractivity contribution in [2.45, 2.75) is 6.42 Å². The second-order valence-corrected chi connectivity index (χ2v) is 5.24. The van der Waals surface area contributed by atoms with E-state index < -0.39 is 0 Å². The highest BCUT2D eigenvalue weighted by Gasteiger charge is 2.08. The van der Waals surface area contributed by atoms with Crippen LogP contribution in [0.3, 0.4) is 0 Å². The smallest absolute Gasteiger partial charge is 0.185 e. The van der Waals surface area contributed by atoms with Crippen molar-refractivity contribution in [2.24, 2.45) is 0 Å². The molecule has 0 aliphatic rings. The molecule has 2 aromatic rings. The van der Waals surface area contributed by atoms with E-state index >= 15 is 0 Å². The first kappa shape index (κ1) is 17.3. The fourth-order valence-corrected chi connectivity index (χ4v) is 2.32. The van der Waals surface area contributed by atoms with E-state index in [-0.39, 0.29) is 11.5 Å². The lowest BCUT2D eigenvalue weighted by Gasteiger charge is -2.09. The Morgan fingerprint density at radius 3 is 2.58 bits per heavy atom. The second kappa shape index (κ2) is 8.02. The molecule has 2 N–H and O–H groups in total. The van der Waals surface area contributed by atoms with E-state index in [9.17, 15) is 9.90 Å². The van der Waals surface area contributed by atoms with Crippen molar-refractivity contribution in [3.05, 3.63) is 71.8 Å². The summed E-state index contributed by atoms with van der Waals surface area (Å²) in [5.74, 6) is 0.561. The molecule has 0 aliphatic heterocycles. The molecule has 0 fully saturated rings. The van der Waals surface area contributed by atoms with Gasteiger partial charge in [0, 0.05) is 29.9 Å². The average Bonchev–Trinajstić information content (AvgIpc) is 2.61. The quantitative estimate of drug-likeness (QED) is 0.458. The van der Waals surface area contributed by atoms with Gasteiger partial charge in [0.05, 0.1) is 7.11 Å². The molecule has 24 heavy (non-hydrogen) atoms. The number of allylic oxidation sites excluding steroid dienone is 2. The standard InChI is InChI=1S/C20H21NO3/c1-4-5-15-12-16(20(24-3)13-19(15)23)8-11-18(22)14-6-9-17(21-2)10-7-14/h4,6-13,21,23H,1,5H2,2-3H3/b11-8+. The van der Waals surface area contributed by atoms with E-state index in [4.69, 9.17) is 4.74 Å². The van der Waals surface area contributed by atoms with Crippen LogP contribution in [-0.4, -0.2) is 25.0 Å². The van der Waals surface area contributed by atoms with Gasteiger partial charge in [-0.15, -0.1) is 6.58 Å². The van der Waals surface area contributed by atoms with Crippen molar-refractivity contribution in [1.29, 1.82) is 0 Å². The number of phenols is 1. The number of anilines is 1. The van der Waals surface area contributed by atoms with E-state index in [0.29, 0.717) is 17.7 Å². The average molecular weight is 323 g/mol. The summed E-state index contributed by atoms with van der Waals surface area (Å²) in [6.45, 7) is 3.68. The van der Waals surface area contributed by atoms with Gasteiger partial charge in [0.15, 0.2) is 5.78 Å². The van der Waals surface area contributed by atoms with Gasteiger partial charge in [0.2, 0.25) is 0 Å². The minimum Gasteiger partial charge on any atom is -0.508 e. The Bertz CT molecular complexity index is 761. The summed E-state index contributed by atoms with van der Waals surface area (Å²) >= 11 is 0. The zero-order valence-electron chi connectivity index (χ0n) is 13.9. The molecule has 0 amide bonds. The molecular formula is C20H21NO3. The number of carbonyl (C=O) groups excluding carboxylic acids is 1. The minimum absolute atomic E-state index is 0.0990. The van der Waals surface area contributed by atoms with Crippen LogP contribution in [0.4, 0.5) is 5.69 Å². The van der Waals surface area contributed by atoms with Crippen molar-refractivity contribution in [3.8, 4) is 11.5 Å². The lowest BCUT2D eigenvalue weighted by molar-refractivity contribution is 0.104. The summed E-state index contributed by atoms with van der Waals surface area (Å²) in [5, 5.41) is 13.0. The zero-order chi connectivity index (χ0) is 17.5. The van der Waals surface area contributed by atoms with Gasteiger partial charge < -0.3 is 15.2 Å². The predicted octanol–water partition coefficient (Wildman–Crippen LogP) is 4.07. The number of aromatic hydroxyl groups is 1. The van der Waals surface area contributed by atoms with Crippen LogP contribution in [0.5, 0.6) is 11.5 Å². The Labute approximate surface area is 142 Å². The molecular weight excluding hydrogens is 302 g/mol. The third kappa shape index (κ3) is 4.04. The zero-order valence-corrected chi connectivity index (χ0v) is 13.9. The van der Waals surface area contributed by atoms with Gasteiger partial charge in [-0.1, -0.05) is 6.08 Å². The molecule has 0 aromatic heterocycles. The first-order valence-electron chi connectivity index (χ1n) is 7.60. The van der Waals surface area contributed by atoms with Crippen molar-refractivity contribution >= 4 is 17.5 Å². The number of methoxy groups -OCH3 is 1. The number of ether oxygens (including phenoxy) is 1. The van der Waals surface area contributed by atoms with Gasteiger partial charge in [-0.3, -0.25) is 4.79 Å². The molecule has 0 bridgehead atoms. The predicted molar refractivity (Wildman–Crippen MR) is 97.9 cm³/mol. The molecule has 4 nitrogen and oxygen atoms in total. The minimum atomic E-state index is -0.0990.